The first-order valence-corrected chi connectivity index (χ1v) is 8.49. The molecule has 2 atom stereocenters. The van der Waals surface area contributed by atoms with E-state index in [4.69, 9.17) is 17.3 Å². The monoisotopic (exact) mass is 395 g/mol. The van der Waals surface area contributed by atoms with E-state index in [1.807, 2.05) is 30.3 Å². The minimum atomic E-state index is -0.376. The summed E-state index contributed by atoms with van der Waals surface area (Å²) in [6.07, 6.45) is 0. The van der Waals surface area contributed by atoms with Crippen molar-refractivity contribution in [3.05, 3.63) is 70.7 Å². The molecule has 0 aliphatic carbocycles. The normalized spacial score (nSPS) is 12.4. The Labute approximate surface area is 164 Å². The van der Waals surface area contributed by atoms with E-state index < -0.39 is 0 Å². The van der Waals surface area contributed by atoms with E-state index in [1.165, 1.54) is 0 Å². The summed E-state index contributed by atoms with van der Waals surface area (Å²) in [7, 11) is 0. The first-order chi connectivity index (χ1) is 12.0. The predicted octanol–water partition coefficient (Wildman–Crippen LogP) is 2.94. The number of nitrogens with two attached hydrogens (primary N) is 1. The van der Waals surface area contributed by atoms with Crippen molar-refractivity contribution < 1.29 is 9.59 Å². The minimum absolute atomic E-state index is 0. The summed E-state index contributed by atoms with van der Waals surface area (Å²) in [4.78, 5) is 24.2. The van der Waals surface area contributed by atoms with E-state index in [-0.39, 0.29) is 36.2 Å². The maximum Gasteiger partial charge on any atom is 0.252 e. The third kappa shape index (κ3) is 6.02. The van der Waals surface area contributed by atoms with Gasteiger partial charge in [-0.25, -0.2) is 0 Å². The van der Waals surface area contributed by atoms with Gasteiger partial charge in [0.2, 0.25) is 5.91 Å². The van der Waals surface area contributed by atoms with Crippen molar-refractivity contribution in [2.75, 3.05) is 13.1 Å². The van der Waals surface area contributed by atoms with Crippen molar-refractivity contribution >= 4 is 35.8 Å². The smallest absolute Gasteiger partial charge is 0.252 e. The molecule has 26 heavy (non-hydrogen) atoms. The van der Waals surface area contributed by atoms with Gasteiger partial charge in [-0.3, -0.25) is 9.59 Å². The second-order valence-corrected chi connectivity index (χ2v) is 6.16. The fraction of sp³-hybridized carbons (Fsp3) is 0.263. The number of hydrogen-bond acceptors (Lipinski definition) is 3. The fourth-order valence-corrected chi connectivity index (χ4v) is 2.61. The molecule has 0 aliphatic rings. The van der Waals surface area contributed by atoms with Gasteiger partial charge in [-0.2, -0.15) is 0 Å². The van der Waals surface area contributed by atoms with Gasteiger partial charge in [0.1, 0.15) is 0 Å². The Bertz CT molecular complexity index is 726. The molecule has 2 unspecified atom stereocenters. The van der Waals surface area contributed by atoms with Gasteiger partial charge in [0.05, 0.1) is 16.5 Å². The summed E-state index contributed by atoms with van der Waals surface area (Å²) in [5.74, 6) is -0.793. The summed E-state index contributed by atoms with van der Waals surface area (Å²) >= 11 is 5.97. The van der Waals surface area contributed by atoms with Crippen LogP contribution in [0, 0.1) is 5.92 Å². The molecule has 2 aromatic carbocycles. The topological polar surface area (TPSA) is 84.2 Å². The molecule has 0 aliphatic heterocycles. The van der Waals surface area contributed by atoms with E-state index in [0.717, 1.165) is 5.56 Å². The second-order valence-electron chi connectivity index (χ2n) is 5.75. The Balaban J connectivity index is 0.00000338. The molecule has 140 valence electrons. The molecule has 2 rings (SSSR count). The number of benzene rings is 2. The molecule has 0 saturated heterocycles. The lowest BCUT2D eigenvalue weighted by Gasteiger charge is -2.20. The summed E-state index contributed by atoms with van der Waals surface area (Å²) in [6.45, 7) is 2.42. The third-order valence-corrected chi connectivity index (χ3v) is 4.29. The van der Waals surface area contributed by atoms with Gasteiger partial charge in [-0.1, -0.05) is 61.0 Å². The molecule has 0 spiro atoms. The van der Waals surface area contributed by atoms with Gasteiger partial charge >= 0.3 is 0 Å². The predicted molar refractivity (Wildman–Crippen MR) is 107 cm³/mol. The van der Waals surface area contributed by atoms with E-state index in [2.05, 4.69) is 10.6 Å². The molecule has 0 radical (unpaired) electrons. The highest BCUT2D eigenvalue weighted by atomic mass is 35.5. The van der Waals surface area contributed by atoms with Crippen LogP contribution in [0.25, 0.3) is 0 Å². The average Bonchev–Trinajstić information content (AvgIpc) is 2.64. The van der Waals surface area contributed by atoms with Crippen LogP contribution in [-0.4, -0.2) is 24.9 Å². The highest BCUT2D eigenvalue weighted by Gasteiger charge is 2.21. The lowest BCUT2D eigenvalue weighted by atomic mass is 9.95. The standard InChI is InChI=1S/C19H22ClN3O2.ClH/c1-13(17(21)14-7-3-2-4-8-14)18(24)22-11-12-23-19(25)15-9-5-6-10-16(15)20;/h2-10,13,17H,11-12,21H2,1H3,(H,22,24)(H,23,25);1H. The second kappa shape index (κ2) is 10.8. The lowest BCUT2D eigenvalue weighted by molar-refractivity contribution is -0.125. The molecule has 4 N–H and O–H groups in total. The van der Waals surface area contributed by atoms with Crippen LogP contribution in [0.3, 0.4) is 0 Å². The number of amides is 2. The molecular formula is C19H23Cl2N3O2. The van der Waals surface area contributed by atoms with Crippen molar-refractivity contribution in [2.24, 2.45) is 11.7 Å². The van der Waals surface area contributed by atoms with Gasteiger partial charge < -0.3 is 16.4 Å². The first kappa shape index (κ1) is 22.0. The van der Waals surface area contributed by atoms with Crippen molar-refractivity contribution in [3.63, 3.8) is 0 Å². The molecule has 2 aromatic rings. The Morgan fingerprint density at radius 3 is 2.23 bits per heavy atom. The molecule has 5 nitrogen and oxygen atoms in total. The van der Waals surface area contributed by atoms with Crippen LogP contribution in [0.1, 0.15) is 28.9 Å². The van der Waals surface area contributed by atoms with Crippen LogP contribution in [0.4, 0.5) is 0 Å². The van der Waals surface area contributed by atoms with E-state index in [0.29, 0.717) is 23.7 Å². The Morgan fingerprint density at radius 1 is 1.00 bits per heavy atom. The number of nitrogens with one attached hydrogen (secondary N) is 2. The summed E-state index contributed by atoms with van der Waals surface area (Å²) in [6, 6.07) is 15.9. The SMILES string of the molecule is CC(C(=O)NCCNC(=O)c1ccccc1Cl)C(N)c1ccccc1.Cl. The average molecular weight is 396 g/mol. The van der Waals surface area contributed by atoms with Gasteiger partial charge in [-0.15, -0.1) is 12.4 Å². The Morgan fingerprint density at radius 2 is 1.58 bits per heavy atom. The van der Waals surface area contributed by atoms with Crippen LogP contribution in [0.2, 0.25) is 5.02 Å². The largest absolute Gasteiger partial charge is 0.354 e. The highest BCUT2D eigenvalue weighted by Crippen LogP contribution is 2.19. The van der Waals surface area contributed by atoms with Gasteiger partial charge in [0, 0.05) is 19.1 Å². The van der Waals surface area contributed by atoms with E-state index in [9.17, 15) is 9.59 Å². The highest BCUT2D eigenvalue weighted by molar-refractivity contribution is 6.33. The summed E-state index contributed by atoms with van der Waals surface area (Å²) in [5, 5.41) is 5.91. The van der Waals surface area contributed by atoms with Crippen LogP contribution < -0.4 is 16.4 Å². The molecule has 0 saturated carbocycles. The molecular weight excluding hydrogens is 373 g/mol. The maximum absolute atomic E-state index is 12.2. The number of hydrogen-bond donors (Lipinski definition) is 3. The molecule has 0 aromatic heterocycles. The van der Waals surface area contributed by atoms with Crippen molar-refractivity contribution in [1.29, 1.82) is 0 Å². The molecule has 2 amide bonds. The van der Waals surface area contributed by atoms with Crippen LogP contribution in [0.15, 0.2) is 54.6 Å². The zero-order valence-corrected chi connectivity index (χ0v) is 16.0. The number of rotatable bonds is 7. The minimum Gasteiger partial charge on any atom is -0.354 e. The van der Waals surface area contributed by atoms with Gasteiger partial charge in [0.25, 0.3) is 5.91 Å². The van der Waals surface area contributed by atoms with Crippen LogP contribution in [-0.2, 0) is 4.79 Å². The Hall–Kier alpha value is -2.08. The van der Waals surface area contributed by atoms with Gasteiger partial charge in [-0.05, 0) is 17.7 Å². The number of halogens is 2. The number of carbonyl (C=O) groups excluding carboxylic acids is 2. The molecule has 0 heterocycles. The molecule has 7 heteroatoms. The fourth-order valence-electron chi connectivity index (χ4n) is 2.39. The first-order valence-electron chi connectivity index (χ1n) is 8.11. The zero-order chi connectivity index (χ0) is 18.2. The zero-order valence-electron chi connectivity index (χ0n) is 14.4. The van der Waals surface area contributed by atoms with Crippen molar-refractivity contribution in [1.82, 2.24) is 10.6 Å². The quantitative estimate of drug-likeness (QED) is 0.630. The molecule has 0 fully saturated rings. The van der Waals surface area contributed by atoms with E-state index in [1.54, 1.807) is 31.2 Å². The van der Waals surface area contributed by atoms with Gasteiger partial charge in [0.15, 0.2) is 0 Å². The molecule has 0 bridgehead atoms. The number of carbonyl (C=O) groups is 2. The maximum atomic E-state index is 12.2. The van der Waals surface area contributed by atoms with Crippen molar-refractivity contribution in [3.8, 4) is 0 Å². The Kier molecular flexibility index (Phi) is 9.13. The van der Waals surface area contributed by atoms with Crippen LogP contribution in [0.5, 0.6) is 0 Å². The third-order valence-electron chi connectivity index (χ3n) is 3.96. The summed E-state index contributed by atoms with van der Waals surface area (Å²) in [5.41, 5.74) is 7.47. The van der Waals surface area contributed by atoms with Crippen molar-refractivity contribution in [2.45, 2.75) is 13.0 Å². The lowest BCUT2D eigenvalue weighted by Crippen LogP contribution is -2.39. The summed E-state index contributed by atoms with van der Waals surface area (Å²) < 4.78 is 0. The van der Waals surface area contributed by atoms with E-state index >= 15 is 0 Å². The van der Waals surface area contributed by atoms with Crippen LogP contribution >= 0.6 is 24.0 Å².